The van der Waals surface area contributed by atoms with Gasteiger partial charge in [0.2, 0.25) is 10.0 Å². The Kier molecular flexibility index (Phi) is 4.07. The average molecular weight is 314 g/mol. The van der Waals surface area contributed by atoms with Gasteiger partial charge in [0, 0.05) is 24.6 Å². The molecule has 0 spiro atoms. The molecule has 1 aliphatic carbocycles. The van der Waals surface area contributed by atoms with Gasteiger partial charge in [0.15, 0.2) is 0 Å². The van der Waals surface area contributed by atoms with Gasteiger partial charge < -0.3 is 9.63 Å². The van der Waals surface area contributed by atoms with Crippen molar-refractivity contribution in [3.63, 3.8) is 0 Å². The molecule has 3 rings (SSSR count). The highest BCUT2D eigenvalue weighted by molar-refractivity contribution is 7.88. The molecular weight excluding hydrogens is 292 g/mol. The first-order chi connectivity index (χ1) is 9.97. The van der Waals surface area contributed by atoms with E-state index in [9.17, 15) is 13.5 Å². The van der Waals surface area contributed by atoms with E-state index in [1.165, 1.54) is 0 Å². The van der Waals surface area contributed by atoms with E-state index < -0.39 is 10.0 Å². The van der Waals surface area contributed by atoms with Gasteiger partial charge in [0.25, 0.3) is 0 Å². The zero-order chi connectivity index (χ0) is 15.0. The third-order valence-electron chi connectivity index (χ3n) is 4.64. The topological polar surface area (TPSA) is 83.6 Å². The van der Waals surface area contributed by atoms with Gasteiger partial charge in [-0.1, -0.05) is 11.6 Å². The predicted octanol–water partition coefficient (Wildman–Crippen LogP) is 1.44. The Morgan fingerprint density at radius 2 is 2.19 bits per heavy atom. The van der Waals surface area contributed by atoms with Gasteiger partial charge >= 0.3 is 0 Å². The van der Waals surface area contributed by atoms with E-state index in [-0.39, 0.29) is 23.8 Å². The summed E-state index contributed by atoms with van der Waals surface area (Å²) >= 11 is 0. The quantitative estimate of drug-likeness (QED) is 0.909. The van der Waals surface area contributed by atoms with Crippen LogP contribution in [0.5, 0.6) is 0 Å². The van der Waals surface area contributed by atoms with Gasteiger partial charge in [-0.2, -0.15) is 4.31 Å². The van der Waals surface area contributed by atoms with Crippen LogP contribution >= 0.6 is 0 Å². The zero-order valence-electron chi connectivity index (χ0n) is 12.2. The van der Waals surface area contributed by atoms with E-state index in [0.29, 0.717) is 18.0 Å². The average Bonchev–Trinajstić information content (AvgIpc) is 3.09. The number of rotatable bonds is 4. The molecule has 1 saturated carbocycles. The number of hydrogen-bond donors (Lipinski definition) is 1. The minimum absolute atomic E-state index is 0.0551. The van der Waals surface area contributed by atoms with Crippen LogP contribution in [0, 0.1) is 12.8 Å². The second-order valence-corrected chi connectivity index (χ2v) is 8.09. The number of nitrogens with zero attached hydrogens (tertiary/aromatic N) is 2. The van der Waals surface area contributed by atoms with Crippen LogP contribution in [0.15, 0.2) is 10.6 Å². The third-order valence-corrected chi connectivity index (χ3v) is 6.47. The van der Waals surface area contributed by atoms with Gasteiger partial charge in [-0.3, -0.25) is 0 Å². The third kappa shape index (κ3) is 3.00. The molecule has 0 radical (unpaired) electrons. The Labute approximate surface area is 125 Å². The van der Waals surface area contributed by atoms with Crippen molar-refractivity contribution in [2.75, 3.05) is 6.54 Å². The van der Waals surface area contributed by atoms with Gasteiger partial charge in [0.05, 0.1) is 6.10 Å². The van der Waals surface area contributed by atoms with Gasteiger partial charge in [-0.25, -0.2) is 8.42 Å². The first-order valence-electron chi connectivity index (χ1n) is 7.57. The maximum absolute atomic E-state index is 12.6. The van der Waals surface area contributed by atoms with Crippen molar-refractivity contribution in [3.05, 3.63) is 17.5 Å². The van der Waals surface area contributed by atoms with Crippen molar-refractivity contribution in [3.8, 4) is 0 Å². The molecule has 3 unspecified atom stereocenters. The number of sulfonamides is 1. The number of aromatic nitrogens is 1. The van der Waals surface area contributed by atoms with Gasteiger partial charge in [-0.15, -0.1) is 0 Å². The number of aliphatic hydroxyl groups excluding tert-OH is 1. The summed E-state index contributed by atoms with van der Waals surface area (Å²) < 4.78 is 31.8. The molecule has 2 heterocycles. The molecule has 6 nitrogen and oxygen atoms in total. The molecule has 3 atom stereocenters. The largest absolute Gasteiger partial charge is 0.393 e. The summed E-state index contributed by atoms with van der Waals surface area (Å²) in [6, 6.07) is 1.60. The molecule has 1 aliphatic heterocycles. The standard InChI is InChI=1S/C14H22N2O4S/c1-10-8-11(15-20-10)9-21(18,19)16-7-3-5-13(16)12-4-2-6-14(12)17/h8,12-14,17H,2-7,9H2,1H3. The van der Waals surface area contributed by atoms with Crippen molar-refractivity contribution in [1.82, 2.24) is 9.46 Å². The Balaban J connectivity index is 1.77. The summed E-state index contributed by atoms with van der Waals surface area (Å²) in [5, 5.41) is 13.9. The molecule has 1 aromatic heterocycles. The Morgan fingerprint density at radius 1 is 1.38 bits per heavy atom. The highest BCUT2D eigenvalue weighted by atomic mass is 32.2. The van der Waals surface area contributed by atoms with E-state index in [0.717, 1.165) is 32.1 Å². The Morgan fingerprint density at radius 3 is 2.81 bits per heavy atom. The maximum atomic E-state index is 12.6. The molecule has 0 bridgehead atoms. The number of aryl methyl sites for hydroxylation is 1. The molecule has 2 fully saturated rings. The normalized spacial score (nSPS) is 31.0. The molecule has 118 valence electrons. The summed E-state index contributed by atoms with van der Waals surface area (Å²) in [5.41, 5.74) is 0.449. The van der Waals surface area contributed by atoms with Crippen molar-refractivity contribution < 1.29 is 18.0 Å². The number of hydrogen-bond acceptors (Lipinski definition) is 5. The molecule has 2 aliphatic rings. The van der Waals surface area contributed by atoms with Crippen molar-refractivity contribution in [2.45, 2.75) is 56.9 Å². The monoisotopic (exact) mass is 314 g/mol. The maximum Gasteiger partial charge on any atom is 0.220 e. The van der Waals surface area contributed by atoms with Crippen molar-refractivity contribution in [2.24, 2.45) is 5.92 Å². The lowest BCUT2D eigenvalue weighted by Gasteiger charge is -2.30. The fourth-order valence-electron chi connectivity index (χ4n) is 3.71. The summed E-state index contributed by atoms with van der Waals surface area (Å²) in [6.45, 7) is 2.30. The lowest BCUT2D eigenvalue weighted by Crippen LogP contribution is -2.42. The molecule has 1 saturated heterocycles. The van der Waals surface area contributed by atoms with E-state index >= 15 is 0 Å². The first-order valence-corrected chi connectivity index (χ1v) is 9.18. The van der Waals surface area contributed by atoms with E-state index in [2.05, 4.69) is 5.16 Å². The van der Waals surface area contributed by atoms with Crippen LogP contribution in [-0.4, -0.2) is 41.7 Å². The van der Waals surface area contributed by atoms with Crippen LogP contribution in [0.2, 0.25) is 0 Å². The lowest BCUT2D eigenvalue weighted by molar-refractivity contribution is 0.0974. The smallest absolute Gasteiger partial charge is 0.220 e. The molecule has 0 aromatic carbocycles. The SMILES string of the molecule is Cc1cc(CS(=O)(=O)N2CCCC2C2CCCC2O)no1. The molecule has 1 N–H and O–H groups in total. The lowest BCUT2D eigenvalue weighted by atomic mass is 9.95. The van der Waals surface area contributed by atoms with Crippen LogP contribution in [0.25, 0.3) is 0 Å². The predicted molar refractivity (Wildman–Crippen MR) is 76.9 cm³/mol. The second kappa shape index (κ2) is 5.70. The minimum atomic E-state index is -3.41. The van der Waals surface area contributed by atoms with E-state index in [1.54, 1.807) is 17.3 Å². The Hall–Kier alpha value is -0.920. The molecule has 7 heteroatoms. The molecule has 21 heavy (non-hydrogen) atoms. The van der Waals surface area contributed by atoms with Crippen molar-refractivity contribution in [1.29, 1.82) is 0 Å². The molecule has 1 aromatic rings. The van der Waals surface area contributed by atoms with Crippen LogP contribution in [-0.2, 0) is 15.8 Å². The zero-order valence-corrected chi connectivity index (χ0v) is 13.1. The summed E-state index contributed by atoms with van der Waals surface area (Å²) in [7, 11) is -3.41. The highest BCUT2D eigenvalue weighted by Crippen LogP contribution is 2.37. The summed E-state index contributed by atoms with van der Waals surface area (Å²) in [6.07, 6.45) is 4.04. The molecule has 0 amide bonds. The number of aliphatic hydroxyl groups is 1. The van der Waals surface area contributed by atoms with Crippen LogP contribution in [0.4, 0.5) is 0 Å². The summed E-state index contributed by atoms with van der Waals surface area (Å²) in [5.74, 6) is 0.578. The van der Waals surface area contributed by atoms with Crippen LogP contribution < -0.4 is 0 Å². The second-order valence-electron chi connectivity index (χ2n) is 6.17. The van der Waals surface area contributed by atoms with E-state index in [1.807, 2.05) is 0 Å². The minimum Gasteiger partial charge on any atom is -0.393 e. The van der Waals surface area contributed by atoms with Crippen molar-refractivity contribution >= 4 is 10.0 Å². The fraction of sp³-hybridized carbons (Fsp3) is 0.786. The summed E-state index contributed by atoms with van der Waals surface area (Å²) in [4.78, 5) is 0. The molecular formula is C14H22N2O4S. The van der Waals surface area contributed by atoms with Crippen LogP contribution in [0.3, 0.4) is 0 Å². The Bertz CT molecular complexity index is 598. The van der Waals surface area contributed by atoms with Gasteiger partial charge in [0.1, 0.15) is 17.2 Å². The highest BCUT2D eigenvalue weighted by Gasteiger charge is 2.43. The van der Waals surface area contributed by atoms with Gasteiger partial charge in [-0.05, 0) is 32.6 Å². The fourth-order valence-corrected chi connectivity index (χ4v) is 5.47. The first kappa shape index (κ1) is 15.0. The van der Waals surface area contributed by atoms with Crippen LogP contribution in [0.1, 0.15) is 43.6 Å². The van der Waals surface area contributed by atoms with E-state index in [4.69, 9.17) is 4.52 Å².